The molecule has 4 aromatic rings. The predicted molar refractivity (Wildman–Crippen MR) is 173 cm³/mol. The maximum atomic E-state index is 13.5. The number of nitrogens with zero attached hydrogens (tertiary/aromatic N) is 5. The Morgan fingerprint density at radius 1 is 0.500 bits per heavy atom. The molecule has 48 heavy (non-hydrogen) atoms. The minimum absolute atomic E-state index is 0.0621. The molecule has 0 atom stereocenters. The van der Waals surface area contributed by atoms with E-state index in [4.69, 9.17) is 28.6 Å². The zero-order valence-electron chi connectivity index (χ0n) is 26.6. The summed E-state index contributed by atoms with van der Waals surface area (Å²) in [6.45, 7) is 0. The van der Waals surface area contributed by atoms with Gasteiger partial charge in [0.1, 0.15) is 34.4 Å². The number of allylic oxidation sites excluding steroid dienone is 2. The van der Waals surface area contributed by atoms with Crippen molar-refractivity contribution in [2.45, 2.75) is 0 Å². The third-order valence-corrected chi connectivity index (χ3v) is 7.42. The SMILES string of the molecule is COc1ccc(N=NC2=C(ON(C)OC3=C(N=Nc4ccc(OC)cc4OC)C(=O)c4ccccc43)c3ccccc3C2=O)c(OC)c1. The van der Waals surface area contributed by atoms with Gasteiger partial charge < -0.3 is 28.6 Å². The first-order valence-corrected chi connectivity index (χ1v) is 14.5. The predicted octanol–water partition coefficient (Wildman–Crippen LogP) is 7.51. The minimum Gasteiger partial charge on any atom is -0.497 e. The first-order chi connectivity index (χ1) is 23.4. The summed E-state index contributed by atoms with van der Waals surface area (Å²) in [5, 5.41) is 18.1. The van der Waals surface area contributed by atoms with Crippen molar-refractivity contribution in [1.82, 2.24) is 5.23 Å². The van der Waals surface area contributed by atoms with Crippen molar-refractivity contribution >= 4 is 34.5 Å². The van der Waals surface area contributed by atoms with Gasteiger partial charge in [0.05, 0.1) is 35.5 Å². The number of carbonyl (C=O) groups excluding carboxylic acids is 2. The third-order valence-electron chi connectivity index (χ3n) is 7.42. The Morgan fingerprint density at radius 3 is 1.27 bits per heavy atom. The number of methoxy groups -OCH3 is 4. The van der Waals surface area contributed by atoms with Gasteiger partial charge in [-0.3, -0.25) is 9.59 Å². The second kappa shape index (κ2) is 13.6. The molecule has 0 amide bonds. The van der Waals surface area contributed by atoms with E-state index in [1.165, 1.54) is 35.5 Å². The van der Waals surface area contributed by atoms with Gasteiger partial charge in [0.25, 0.3) is 0 Å². The molecule has 242 valence electrons. The first-order valence-electron chi connectivity index (χ1n) is 14.5. The average molecular weight is 648 g/mol. The van der Waals surface area contributed by atoms with Gasteiger partial charge in [-0.2, -0.15) is 0 Å². The minimum atomic E-state index is -0.395. The second-order valence-corrected chi connectivity index (χ2v) is 10.2. The molecule has 0 unspecified atom stereocenters. The largest absolute Gasteiger partial charge is 0.497 e. The van der Waals surface area contributed by atoms with Gasteiger partial charge in [0.2, 0.25) is 11.6 Å². The molecule has 0 radical (unpaired) electrons. The summed E-state index contributed by atoms with van der Waals surface area (Å²) in [6.07, 6.45) is 0. The average Bonchev–Trinajstić information content (AvgIpc) is 3.54. The Bertz CT molecular complexity index is 1910. The van der Waals surface area contributed by atoms with Crippen molar-refractivity contribution in [1.29, 1.82) is 0 Å². The normalized spacial score (nSPS) is 13.9. The molecule has 0 bridgehead atoms. The molecule has 13 nitrogen and oxygen atoms in total. The van der Waals surface area contributed by atoms with E-state index in [9.17, 15) is 9.59 Å². The highest BCUT2D eigenvalue weighted by molar-refractivity contribution is 6.20. The van der Waals surface area contributed by atoms with Crippen molar-refractivity contribution in [2.24, 2.45) is 20.5 Å². The zero-order valence-corrected chi connectivity index (χ0v) is 26.6. The number of carbonyl (C=O) groups is 2. The maximum absolute atomic E-state index is 13.5. The number of hydrogen-bond acceptors (Lipinski definition) is 13. The van der Waals surface area contributed by atoms with Crippen LogP contribution in [0, 0.1) is 0 Å². The summed E-state index contributed by atoms with van der Waals surface area (Å²) in [6, 6.07) is 23.8. The molecule has 0 saturated heterocycles. The van der Waals surface area contributed by atoms with Gasteiger partial charge in [-0.1, -0.05) is 48.5 Å². The summed E-state index contributed by atoms with van der Waals surface area (Å²) in [5.41, 5.74) is 2.33. The molecule has 4 aromatic carbocycles. The van der Waals surface area contributed by atoms with Crippen molar-refractivity contribution in [3.8, 4) is 23.0 Å². The standard InChI is InChI=1S/C35H29N5O8/c1-40(47-34-24-12-8-6-10-22(24)32(41)30(34)38-36-26-16-14-20(43-2)18-28(26)45-4)48-35-25-13-9-7-11-23(25)33(42)31(35)39-37-27-17-15-21(44-3)19-29(27)46-5/h6-19H,1-5H3. The van der Waals surface area contributed by atoms with E-state index in [1.807, 2.05) is 0 Å². The van der Waals surface area contributed by atoms with E-state index in [0.29, 0.717) is 56.6 Å². The number of azo groups is 2. The highest BCUT2D eigenvalue weighted by Crippen LogP contribution is 2.40. The number of ether oxygens (including phenoxy) is 4. The molecular weight excluding hydrogens is 618 g/mol. The van der Waals surface area contributed by atoms with Crippen molar-refractivity contribution in [3.05, 3.63) is 119 Å². The van der Waals surface area contributed by atoms with Gasteiger partial charge in [0.15, 0.2) is 22.9 Å². The first kappa shape index (κ1) is 31.6. The number of Topliss-reactive ketones (excluding diaryl/α,β-unsaturated/α-hetero) is 2. The molecule has 0 aromatic heterocycles. The molecule has 0 N–H and O–H groups in total. The quantitative estimate of drug-likeness (QED) is 0.113. The molecule has 6 rings (SSSR count). The molecule has 2 aliphatic carbocycles. The van der Waals surface area contributed by atoms with E-state index in [2.05, 4.69) is 20.5 Å². The van der Waals surface area contributed by atoms with Crippen LogP contribution in [-0.4, -0.2) is 52.3 Å². The fourth-order valence-corrected chi connectivity index (χ4v) is 5.06. The van der Waals surface area contributed by atoms with Gasteiger partial charge in [-0.15, -0.1) is 20.5 Å². The zero-order chi connectivity index (χ0) is 33.8. The fraction of sp³-hybridized carbons (Fsp3) is 0.143. The molecule has 0 aliphatic heterocycles. The lowest BCUT2D eigenvalue weighted by atomic mass is 10.1. The highest BCUT2D eigenvalue weighted by Gasteiger charge is 2.36. The second-order valence-electron chi connectivity index (χ2n) is 10.2. The van der Waals surface area contributed by atoms with Crippen LogP contribution in [-0.2, 0) is 9.68 Å². The lowest BCUT2D eigenvalue weighted by molar-refractivity contribution is -0.276. The van der Waals surface area contributed by atoms with Crippen molar-refractivity contribution in [2.75, 3.05) is 35.5 Å². The lowest BCUT2D eigenvalue weighted by Crippen LogP contribution is -2.18. The Balaban J connectivity index is 1.35. The van der Waals surface area contributed by atoms with E-state index >= 15 is 0 Å². The van der Waals surface area contributed by atoms with E-state index in [1.54, 1.807) is 84.9 Å². The van der Waals surface area contributed by atoms with Gasteiger partial charge in [0, 0.05) is 39.6 Å². The summed E-state index contributed by atoms with van der Waals surface area (Å²) >= 11 is 0. The Kier molecular flexibility index (Phi) is 8.94. The highest BCUT2D eigenvalue weighted by atomic mass is 16.9. The van der Waals surface area contributed by atoms with Gasteiger partial charge >= 0.3 is 0 Å². The fourth-order valence-electron chi connectivity index (χ4n) is 5.06. The van der Waals surface area contributed by atoms with Crippen LogP contribution in [0.2, 0.25) is 0 Å². The van der Waals surface area contributed by atoms with Crippen LogP contribution in [0.1, 0.15) is 31.8 Å². The van der Waals surface area contributed by atoms with E-state index in [0.717, 1.165) is 5.23 Å². The number of fused-ring (bicyclic) bond motifs is 2. The Labute approximate surface area is 275 Å². The molecule has 13 heteroatoms. The van der Waals surface area contributed by atoms with Crippen molar-refractivity contribution < 1.29 is 38.2 Å². The van der Waals surface area contributed by atoms with Crippen LogP contribution >= 0.6 is 0 Å². The number of hydroxylamine groups is 2. The van der Waals surface area contributed by atoms with Crippen LogP contribution < -0.4 is 18.9 Å². The molecule has 0 fully saturated rings. The summed E-state index contributed by atoms with van der Waals surface area (Å²) in [7, 11) is 7.53. The monoisotopic (exact) mass is 647 g/mol. The summed E-state index contributed by atoms with van der Waals surface area (Å²) in [5.74, 6) is 1.34. The number of benzene rings is 4. The molecule has 2 aliphatic rings. The smallest absolute Gasteiger partial charge is 0.217 e. The summed E-state index contributed by atoms with van der Waals surface area (Å²) in [4.78, 5) is 39.2. The molecule has 0 spiro atoms. The molecular formula is C35H29N5O8. The maximum Gasteiger partial charge on any atom is 0.217 e. The van der Waals surface area contributed by atoms with Crippen LogP contribution in [0.25, 0.3) is 11.5 Å². The molecule has 0 heterocycles. The Hall–Kier alpha value is -6.34. The number of hydrogen-bond donors (Lipinski definition) is 0. The van der Waals surface area contributed by atoms with Crippen LogP contribution in [0.5, 0.6) is 23.0 Å². The Morgan fingerprint density at radius 2 is 0.896 bits per heavy atom. The van der Waals surface area contributed by atoms with Crippen molar-refractivity contribution in [3.63, 3.8) is 0 Å². The molecule has 0 saturated carbocycles. The van der Waals surface area contributed by atoms with Gasteiger partial charge in [-0.25, -0.2) is 0 Å². The van der Waals surface area contributed by atoms with Crippen LogP contribution in [0.4, 0.5) is 11.4 Å². The van der Waals surface area contributed by atoms with Crippen LogP contribution in [0.15, 0.2) is 117 Å². The summed E-state index contributed by atoms with van der Waals surface area (Å²) < 4.78 is 21.3. The van der Waals surface area contributed by atoms with E-state index < -0.39 is 11.6 Å². The topological polar surface area (TPSA) is 142 Å². The lowest BCUT2D eigenvalue weighted by Gasteiger charge is -2.20. The van der Waals surface area contributed by atoms with E-state index in [-0.39, 0.29) is 22.9 Å². The third kappa shape index (κ3) is 5.97. The van der Waals surface area contributed by atoms with Gasteiger partial charge in [-0.05, 0) is 24.3 Å². The van der Waals surface area contributed by atoms with Crippen LogP contribution in [0.3, 0.4) is 0 Å². The number of ketones is 2. The number of rotatable bonds is 12.